The van der Waals surface area contributed by atoms with Gasteiger partial charge in [-0.1, -0.05) is 24.3 Å². The number of nitrogens with zero attached hydrogens (tertiary/aromatic N) is 2. The summed E-state index contributed by atoms with van der Waals surface area (Å²) >= 11 is 0. The maximum absolute atomic E-state index is 12.1. The van der Waals surface area contributed by atoms with Crippen LogP contribution in [0.25, 0.3) is 12.2 Å². The number of aliphatic hydroxyl groups excluding tert-OH is 1. The van der Waals surface area contributed by atoms with Crippen molar-refractivity contribution in [2.45, 2.75) is 0 Å². The van der Waals surface area contributed by atoms with Crippen LogP contribution in [0.4, 0.5) is 0 Å². The molecule has 6 nitrogen and oxygen atoms in total. The minimum absolute atomic E-state index is 0.00782. The molecule has 0 bridgehead atoms. The first kappa shape index (κ1) is 16.8. The van der Waals surface area contributed by atoms with Gasteiger partial charge in [-0.3, -0.25) is 9.59 Å². The Morgan fingerprint density at radius 2 is 1.65 bits per heavy atom. The summed E-state index contributed by atoms with van der Waals surface area (Å²) in [4.78, 5) is 26.9. The van der Waals surface area contributed by atoms with Crippen LogP contribution < -0.4 is 5.73 Å². The van der Waals surface area contributed by atoms with Crippen LogP contribution in [-0.2, 0) is 9.59 Å². The van der Waals surface area contributed by atoms with E-state index in [2.05, 4.69) is 4.90 Å². The van der Waals surface area contributed by atoms with Crippen molar-refractivity contribution in [2.24, 2.45) is 5.73 Å². The number of piperazine rings is 1. The lowest BCUT2D eigenvalue weighted by atomic mass is 10.1. The van der Waals surface area contributed by atoms with Gasteiger partial charge >= 0.3 is 0 Å². The van der Waals surface area contributed by atoms with Gasteiger partial charge in [0.1, 0.15) is 0 Å². The fourth-order valence-electron chi connectivity index (χ4n) is 2.23. The van der Waals surface area contributed by atoms with Crippen molar-refractivity contribution in [1.82, 2.24) is 9.80 Å². The summed E-state index contributed by atoms with van der Waals surface area (Å²) in [5, 5.41) is 9.31. The second-order valence-corrected chi connectivity index (χ2v) is 5.52. The third kappa shape index (κ3) is 4.96. The number of hydrogen-bond acceptors (Lipinski definition) is 4. The lowest BCUT2D eigenvalue weighted by Gasteiger charge is -2.31. The quantitative estimate of drug-likeness (QED) is 0.637. The van der Waals surface area contributed by atoms with E-state index in [1.165, 1.54) is 6.08 Å². The number of primary amides is 1. The van der Waals surface area contributed by atoms with Crippen molar-refractivity contribution in [1.29, 1.82) is 0 Å². The van der Waals surface area contributed by atoms with Gasteiger partial charge in [0.25, 0.3) is 5.91 Å². The molecule has 0 spiro atoms. The van der Waals surface area contributed by atoms with Crippen LogP contribution in [-0.4, -0.2) is 59.9 Å². The third-order valence-electron chi connectivity index (χ3n) is 3.73. The smallest absolute Gasteiger partial charge is 0.283 e. The van der Waals surface area contributed by atoms with Crippen molar-refractivity contribution in [2.75, 3.05) is 33.2 Å². The molecule has 0 aliphatic carbocycles. The van der Waals surface area contributed by atoms with E-state index in [0.717, 1.165) is 31.7 Å². The maximum atomic E-state index is 12.1. The highest BCUT2D eigenvalue weighted by Gasteiger charge is 2.16. The highest BCUT2D eigenvalue weighted by molar-refractivity contribution is 5.94. The zero-order chi connectivity index (χ0) is 16.8. The van der Waals surface area contributed by atoms with Gasteiger partial charge in [-0.25, -0.2) is 0 Å². The molecule has 0 unspecified atom stereocenters. The van der Waals surface area contributed by atoms with Gasteiger partial charge in [-0.15, -0.1) is 0 Å². The number of likely N-dealkylation sites (N-methyl/N-ethyl adjacent to an activating group) is 1. The minimum Gasteiger partial charge on any atom is -0.503 e. The Hall–Kier alpha value is -2.60. The van der Waals surface area contributed by atoms with E-state index in [0.29, 0.717) is 5.56 Å². The number of amides is 2. The van der Waals surface area contributed by atoms with Crippen LogP contribution in [0, 0.1) is 0 Å². The Kier molecular flexibility index (Phi) is 5.54. The first-order valence-corrected chi connectivity index (χ1v) is 7.42. The summed E-state index contributed by atoms with van der Waals surface area (Å²) in [5.41, 5.74) is 6.48. The zero-order valence-electron chi connectivity index (χ0n) is 13.1. The molecule has 1 heterocycles. The number of hydrogen-bond donors (Lipinski definition) is 2. The van der Waals surface area contributed by atoms with Crippen LogP contribution in [0.2, 0.25) is 0 Å². The van der Waals surface area contributed by atoms with Gasteiger partial charge in [-0.2, -0.15) is 0 Å². The van der Waals surface area contributed by atoms with Crippen molar-refractivity contribution in [3.63, 3.8) is 0 Å². The molecule has 1 fully saturated rings. The number of carbonyl (C=O) groups is 2. The first-order valence-electron chi connectivity index (χ1n) is 7.42. The molecule has 23 heavy (non-hydrogen) atoms. The molecule has 2 amide bonds. The fourth-order valence-corrected chi connectivity index (χ4v) is 2.23. The Labute approximate surface area is 135 Å². The predicted molar refractivity (Wildman–Crippen MR) is 89.4 cm³/mol. The normalized spacial score (nSPS) is 16.7. The van der Waals surface area contributed by atoms with E-state index in [-0.39, 0.29) is 5.91 Å². The average Bonchev–Trinajstić information content (AvgIpc) is 2.54. The van der Waals surface area contributed by atoms with Gasteiger partial charge < -0.3 is 20.6 Å². The molecule has 1 aromatic carbocycles. The summed E-state index contributed by atoms with van der Waals surface area (Å²) in [5.74, 6) is -1.35. The molecule has 6 heteroatoms. The van der Waals surface area contributed by atoms with Crippen molar-refractivity contribution in [3.8, 4) is 0 Å². The molecular weight excluding hydrogens is 294 g/mol. The highest BCUT2D eigenvalue weighted by Crippen LogP contribution is 2.10. The summed E-state index contributed by atoms with van der Waals surface area (Å²) in [7, 11) is 2.05. The second kappa shape index (κ2) is 7.60. The molecule has 2 rings (SSSR count). The van der Waals surface area contributed by atoms with Gasteiger partial charge in [0, 0.05) is 32.3 Å². The highest BCUT2D eigenvalue weighted by atomic mass is 16.3. The standard InChI is InChI=1S/C17H21N3O3/c1-19-8-10-20(11-9-19)16(22)7-6-13-2-4-14(5-3-13)12-15(21)17(18)23/h2-7,12,21H,8-11H2,1H3,(H2,18,23)/b7-6+,15-12?. The van der Waals surface area contributed by atoms with E-state index in [1.54, 1.807) is 36.4 Å². The Morgan fingerprint density at radius 1 is 1.09 bits per heavy atom. The van der Waals surface area contributed by atoms with Gasteiger partial charge in [0.2, 0.25) is 5.91 Å². The van der Waals surface area contributed by atoms with E-state index in [4.69, 9.17) is 5.73 Å². The number of rotatable bonds is 4. The number of benzene rings is 1. The molecule has 3 N–H and O–H groups in total. The largest absolute Gasteiger partial charge is 0.503 e. The Morgan fingerprint density at radius 3 is 2.22 bits per heavy atom. The van der Waals surface area contributed by atoms with E-state index < -0.39 is 11.7 Å². The topological polar surface area (TPSA) is 86.9 Å². The van der Waals surface area contributed by atoms with Crippen molar-refractivity contribution in [3.05, 3.63) is 47.2 Å². The summed E-state index contributed by atoms with van der Waals surface area (Å²) in [6.07, 6.45) is 4.62. The van der Waals surface area contributed by atoms with Gasteiger partial charge in [-0.05, 0) is 30.3 Å². The van der Waals surface area contributed by atoms with E-state index >= 15 is 0 Å². The molecule has 0 atom stereocenters. The molecule has 122 valence electrons. The molecule has 1 aromatic rings. The molecule has 1 aliphatic rings. The molecule has 0 saturated carbocycles. The summed E-state index contributed by atoms with van der Waals surface area (Å²) < 4.78 is 0. The monoisotopic (exact) mass is 315 g/mol. The summed E-state index contributed by atoms with van der Waals surface area (Å²) in [6, 6.07) is 7.07. The Balaban J connectivity index is 1.96. The lowest BCUT2D eigenvalue weighted by Crippen LogP contribution is -2.46. The SMILES string of the molecule is CN1CCN(C(=O)/C=C/c2ccc(C=C(O)C(N)=O)cc2)CC1. The summed E-state index contributed by atoms with van der Waals surface area (Å²) in [6.45, 7) is 3.28. The van der Waals surface area contributed by atoms with E-state index in [9.17, 15) is 14.7 Å². The van der Waals surface area contributed by atoms with Crippen molar-refractivity contribution >= 4 is 24.0 Å². The minimum atomic E-state index is -0.869. The fraction of sp³-hybridized carbons (Fsp3) is 0.294. The van der Waals surface area contributed by atoms with Crippen LogP contribution in [0.15, 0.2) is 36.1 Å². The van der Waals surface area contributed by atoms with Crippen LogP contribution in [0.3, 0.4) is 0 Å². The zero-order valence-corrected chi connectivity index (χ0v) is 13.1. The number of carbonyl (C=O) groups excluding carboxylic acids is 2. The lowest BCUT2D eigenvalue weighted by molar-refractivity contribution is -0.127. The first-order chi connectivity index (χ1) is 11.0. The van der Waals surface area contributed by atoms with Crippen molar-refractivity contribution < 1.29 is 14.7 Å². The molecular formula is C17H21N3O3. The Bertz CT molecular complexity index is 627. The van der Waals surface area contributed by atoms with Crippen LogP contribution >= 0.6 is 0 Å². The predicted octanol–water partition coefficient (Wildman–Crippen LogP) is 0.858. The van der Waals surface area contributed by atoms with Crippen LogP contribution in [0.1, 0.15) is 11.1 Å². The molecule has 0 radical (unpaired) electrons. The van der Waals surface area contributed by atoms with Gasteiger partial charge in [0.05, 0.1) is 0 Å². The molecule has 0 aromatic heterocycles. The van der Waals surface area contributed by atoms with Crippen LogP contribution in [0.5, 0.6) is 0 Å². The van der Waals surface area contributed by atoms with Gasteiger partial charge in [0.15, 0.2) is 5.76 Å². The molecule has 1 aliphatic heterocycles. The number of aliphatic hydroxyl groups is 1. The molecule has 1 saturated heterocycles. The number of nitrogens with two attached hydrogens (primary N) is 1. The maximum Gasteiger partial charge on any atom is 0.283 e. The van der Waals surface area contributed by atoms with E-state index in [1.807, 2.05) is 11.9 Å². The average molecular weight is 315 g/mol. The second-order valence-electron chi connectivity index (χ2n) is 5.52. The third-order valence-corrected chi connectivity index (χ3v) is 3.73.